The highest BCUT2D eigenvalue weighted by Crippen LogP contribution is 2.28. The first-order valence-corrected chi connectivity index (χ1v) is 10.0. The molecule has 0 saturated carbocycles. The van der Waals surface area contributed by atoms with E-state index < -0.39 is 8.07 Å². The Morgan fingerprint density at radius 3 is 2.56 bits per heavy atom. The van der Waals surface area contributed by atoms with Crippen LogP contribution in [0.2, 0.25) is 19.1 Å². The molecule has 1 fully saturated rings. The summed E-state index contributed by atoms with van der Waals surface area (Å²) in [7, 11) is -1.38. The van der Waals surface area contributed by atoms with Gasteiger partial charge < -0.3 is 4.74 Å². The second kappa shape index (κ2) is 5.41. The Morgan fingerprint density at radius 1 is 1.39 bits per heavy atom. The summed E-state index contributed by atoms with van der Waals surface area (Å²) in [6, 6.07) is 12.1. The maximum atomic E-state index is 5.31. The lowest BCUT2D eigenvalue weighted by molar-refractivity contribution is 0.375. The summed E-state index contributed by atoms with van der Waals surface area (Å²) in [6.45, 7) is 12.4. The third-order valence-electron chi connectivity index (χ3n) is 3.94. The molecular formula is C16H24OSi. The van der Waals surface area contributed by atoms with Crippen LogP contribution in [0.1, 0.15) is 13.3 Å². The van der Waals surface area contributed by atoms with Crippen molar-refractivity contribution in [3.05, 3.63) is 42.5 Å². The Morgan fingerprint density at radius 2 is 2.00 bits per heavy atom. The van der Waals surface area contributed by atoms with Crippen molar-refractivity contribution < 1.29 is 4.74 Å². The molecule has 2 heteroatoms. The zero-order valence-electron chi connectivity index (χ0n) is 11.8. The predicted octanol–water partition coefficient (Wildman–Crippen LogP) is 3.58. The van der Waals surface area contributed by atoms with Gasteiger partial charge in [0.25, 0.3) is 0 Å². The van der Waals surface area contributed by atoms with Crippen molar-refractivity contribution in [3.8, 4) is 0 Å². The molecule has 2 unspecified atom stereocenters. The van der Waals surface area contributed by atoms with Crippen LogP contribution in [0, 0.1) is 5.92 Å². The summed E-state index contributed by atoms with van der Waals surface area (Å²) < 4.78 is 5.31. The number of benzene rings is 1. The standard InChI is InChI=1S/C16H24OSi/c1-13(10-15-11-17-15)14(2)12-18(3,4)16-8-6-5-7-9-16/h5-9,13,15H,2,10-12H2,1,3-4H3. The SMILES string of the molecule is C=C(C[Si](C)(C)c1ccccc1)C(C)CC1CO1. The molecule has 18 heavy (non-hydrogen) atoms. The molecule has 98 valence electrons. The second-order valence-electron chi connectivity index (χ2n) is 6.18. The normalized spacial score (nSPS) is 20.5. The Hall–Kier alpha value is -0.863. The average molecular weight is 260 g/mol. The van der Waals surface area contributed by atoms with Gasteiger partial charge in [0.1, 0.15) is 0 Å². The molecule has 0 aromatic heterocycles. The van der Waals surface area contributed by atoms with E-state index in [9.17, 15) is 0 Å². The summed E-state index contributed by atoms with van der Waals surface area (Å²) in [5.74, 6) is 0.591. The number of allylic oxidation sites excluding steroid dienone is 1. The van der Waals surface area contributed by atoms with Crippen LogP contribution in [-0.2, 0) is 4.74 Å². The number of epoxide rings is 1. The smallest absolute Gasteiger partial charge is 0.0845 e. The molecule has 1 nitrogen and oxygen atoms in total. The van der Waals surface area contributed by atoms with Crippen LogP contribution in [0.5, 0.6) is 0 Å². The molecule has 0 aliphatic carbocycles. The lowest BCUT2D eigenvalue weighted by Gasteiger charge is -2.26. The minimum absolute atomic E-state index is 0.512. The summed E-state index contributed by atoms with van der Waals surface area (Å²) in [4.78, 5) is 0. The largest absolute Gasteiger partial charge is 0.373 e. The molecule has 1 aromatic carbocycles. The summed E-state index contributed by atoms with van der Waals surface area (Å²) >= 11 is 0. The van der Waals surface area contributed by atoms with Crippen molar-refractivity contribution >= 4 is 13.3 Å². The Balaban J connectivity index is 1.96. The number of hydrogen-bond acceptors (Lipinski definition) is 1. The van der Waals surface area contributed by atoms with Gasteiger partial charge in [0.2, 0.25) is 0 Å². The molecule has 1 aliphatic rings. The van der Waals surface area contributed by atoms with E-state index in [2.05, 4.69) is 56.9 Å². The lowest BCUT2D eigenvalue weighted by atomic mass is 9.99. The Kier molecular flexibility index (Phi) is 4.08. The first kappa shape index (κ1) is 13.6. The van der Waals surface area contributed by atoms with E-state index in [1.54, 1.807) is 0 Å². The highest BCUT2D eigenvalue weighted by Gasteiger charge is 2.29. The van der Waals surface area contributed by atoms with Crippen LogP contribution >= 0.6 is 0 Å². The molecule has 0 N–H and O–H groups in total. The van der Waals surface area contributed by atoms with E-state index in [-0.39, 0.29) is 0 Å². The van der Waals surface area contributed by atoms with Gasteiger partial charge in [-0.2, -0.15) is 0 Å². The molecule has 1 saturated heterocycles. The van der Waals surface area contributed by atoms with E-state index >= 15 is 0 Å². The Bertz CT molecular complexity index is 406. The van der Waals surface area contributed by atoms with Crippen molar-refractivity contribution in [2.45, 2.75) is 38.6 Å². The van der Waals surface area contributed by atoms with E-state index in [1.807, 2.05) is 0 Å². The fraction of sp³-hybridized carbons (Fsp3) is 0.500. The van der Waals surface area contributed by atoms with Gasteiger partial charge in [-0.15, -0.1) is 0 Å². The zero-order chi connectivity index (χ0) is 13.2. The topological polar surface area (TPSA) is 12.5 Å². The molecule has 0 radical (unpaired) electrons. The molecule has 1 heterocycles. The summed E-state index contributed by atoms with van der Waals surface area (Å²) in [5.41, 5.74) is 1.41. The fourth-order valence-corrected chi connectivity index (χ4v) is 5.28. The average Bonchev–Trinajstić information content (AvgIpc) is 3.13. The van der Waals surface area contributed by atoms with Crippen LogP contribution in [0.15, 0.2) is 42.5 Å². The Labute approximate surface area is 112 Å². The number of hydrogen-bond donors (Lipinski definition) is 0. The van der Waals surface area contributed by atoms with Crippen LogP contribution in [0.4, 0.5) is 0 Å². The van der Waals surface area contributed by atoms with Gasteiger partial charge in [-0.25, -0.2) is 0 Å². The molecule has 2 atom stereocenters. The van der Waals surface area contributed by atoms with Gasteiger partial charge >= 0.3 is 0 Å². The number of rotatable bonds is 6. The van der Waals surface area contributed by atoms with Crippen LogP contribution in [0.25, 0.3) is 0 Å². The van der Waals surface area contributed by atoms with Crippen molar-refractivity contribution in [2.75, 3.05) is 6.61 Å². The van der Waals surface area contributed by atoms with E-state index in [4.69, 9.17) is 4.74 Å². The fourth-order valence-electron chi connectivity index (χ4n) is 2.50. The molecule has 2 rings (SSSR count). The van der Waals surface area contributed by atoms with E-state index in [0.29, 0.717) is 12.0 Å². The second-order valence-corrected chi connectivity index (χ2v) is 10.9. The van der Waals surface area contributed by atoms with Crippen molar-refractivity contribution in [1.82, 2.24) is 0 Å². The maximum Gasteiger partial charge on any atom is 0.0845 e. The quantitative estimate of drug-likeness (QED) is 0.433. The van der Waals surface area contributed by atoms with Gasteiger partial charge in [-0.05, 0) is 18.4 Å². The molecule has 1 aliphatic heterocycles. The predicted molar refractivity (Wildman–Crippen MR) is 81.0 cm³/mol. The van der Waals surface area contributed by atoms with E-state index in [1.165, 1.54) is 16.8 Å². The maximum absolute atomic E-state index is 5.31. The minimum Gasteiger partial charge on any atom is -0.373 e. The summed E-state index contributed by atoms with van der Waals surface area (Å²) in [6.07, 6.45) is 1.66. The third-order valence-corrected chi connectivity index (χ3v) is 7.17. The van der Waals surface area contributed by atoms with Crippen LogP contribution in [0.3, 0.4) is 0 Å². The molecule has 1 aromatic rings. The van der Waals surface area contributed by atoms with Gasteiger partial charge in [-0.3, -0.25) is 0 Å². The van der Waals surface area contributed by atoms with Crippen molar-refractivity contribution in [3.63, 3.8) is 0 Å². The highest BCUT2D eigenvalue weighted by atomic mass is 28.3. The minimum atomic E-state index is -1.38. The summed E-state index contributed by atoms with van der Waals surface area (Å²) in [5, 5.41) is 1.53. The number of ether oxygens (including phenoxy) is 1. The third kappa shape index (κ3) is 3.56. The van der Waals surface area contributed by atoms with Crippen molar-refractivity contribution in [2.24, 2.45) is 5.92 Å². The van der Waals surface area contributed by atoms with Crippen molar-refractivity contribution in [1.29, 1.82) is 0 Å². The van der Waals surface area contributed by atoms with E-state index in [0.717, 1.165) is 13.0 Å². The zero-order valence-corrected chi connectivity index (χ0v) is 12.8. The first-order chi connectivity index (χ1) is 8.49. The van der Waals surface area contributed by atoms with Gasteiger partial charge in [-0.1, -0.05) is 67.7 Å². The van der Waals surface area contributed by atoms with Gasteiger partial charge in [0.15, 0.2) is 0 Å². The molecular weight excluding hydrogens is 236 g/mol. The van der Waals surface area contributed by atoms with Gasteiger partial charge in [0.05, 0.1) is 20.8 Å². The lowest BCUT2D eigenvalue weighted by Crippen LogP contribution is -2.41. The molecule has 0 bridgehead atoms. The highest BCUT2D eigenvalue weighted by molar-refractivity contribution is 6.90. The van der Waals surface area contributed by atoms with Crippen LogP contribution < -0.4 is 5.19 Å². The van der Waals surface area contributed by atoms with Crippen LogP contribution in [-0.4, -0.2) is 20.8 Å². The van der Waals surface area contributed by atoms with Gasteiger partial charge in [0, 0.05) is 0 Å². The molecule has 0 amide bonds. The monoisotopic (exact) mass is 260 g/mol. The first-order valence-electron chi connectivity index (χ1n) is 6.84. The molecule has 0 spiro atoms.